The molecule has 0 aliphatic heterocycles. The fourth-order valence-electron chi connectivity index (χ4n) is 3.27. The maximum atomic E-state index is 12.7. The van der Waals surface area contributed by atoms with Gasteiger partial charge in [-0.25, -0.2) is 13.1 Å². The minimum absolute atomic E-state index is 0. The average molecular weight is 378 g/mol. The first-order valence-corrected chi connectivity index (χ1v) is 9.22. The number of nitro groups is 1. The van der Waals surface area contributed by atoms with Gasteiger partial charge in [-0.1, -0.05) is 12.8 Å². The van der Waals surface area contributed by atoms with Crippen molar-refractivity contribution < 1.29 is 13.3 Å². The third-order valence-corrected chi connectivity index (χ3v) is 6.14. The number of nitrogens with zero attached hydrogens (tertiary/aromatic N) is 1. The molecule has 0 aromatic heterocycles. The fourth-order valence-corrected chi connectivity index (χ4v) is 4.83. The van der Waals surface area contributed by atoms with E-state index in [1.165, 1.54) is 6.07 Å². The zero-order valence-corrected chi connectivity index (χ0v) is 15.5. The standard InChI is InChI=1S/C15H23N3O4S.ClH/c1-10-7-11(2)15(8-14(10)18(19)20)23(21,22)17-13(9-16)12-5-3-4-6-12;/h7-8,12-13,17H,3-6,9,16H2,1-2H3;1H. The summed E-state index contributed by atoms with van der Waals surface area (Å²) in [6.45, 7) is 3.45. The van der Waals surface area contributed by atoms with Crippen LogP contribution in [-0.2, 0) is 10.0 Å². The normalized spacial score (nSPS) is 16.6. The lowest BCUT2D eigenvalue weighted by molar-refractivity contribution is -0.385. The van der Waals surface area contributed by atoms with E-state index in [1.807, 2.05) is 0 Å². The lowest BCUT2D eigenvalue weighted by atomic mass is 9.99. The molecule has 1 aromatic carbocycles. The summed E-state index contributed by atoms with van der Waals surface area (Å²) < 4.78 is 28.0. The van der Waals surface area contributed by atoms with E-state index < -0.39 is 14.9 Å². The highest BCUT2D eigenvalue weighted by Gasteiger charge is 2.30. The molecule has 0 saturated heterocycles. The van der Waals surface area contributed by atoms with Gasteiger partial charge in [-0.05, 0) is 44.2 Å². The van der Waals surface area contributed by atoms with Gasteiger partial charge in [0, 0.05) is 24.2 Å². The molecular formula is C15H24ClN3O4S. The van der Waals surface area contributed by atoms with Gasteiger partial charge in [0.05, 0.1) is 9.82 Å². The minimum atomic E-state index is -3.85. The smallest absolute Gasteiger partial charge is 0.273 e. The van der Waals surface area contributed by atoms with E-state index in [1.54, 1.807) is 13.8 Å². The van der Waals surface area contributed by atoms with Crippen molar-refractivity contribution in [2.24, 2.45) is 11.7 Å². The first-order valence-electron chi connectivity index (χ1n) is 7.74. The quantitative estimate of drug-likeness (QED) is 0.583. The zero-order chi connectivity index (χ0) is 17.2. The molecule has 1 unspecified atom stereocenters. The maximum Gasteiger partial charge on any atom is 0.273 e. The Balaban J connectivity index is 0.00000288. The largest absolute Gasteiger partial charge is 0.329 e. The van der Waals surface area contributed by atoms with E-state index in [0.29, 0.717) is 11.1 Å². The first-order chi connectivity index (χ1) is 10.8. The van der Waals surface area contributed by atoms with Crippen molar-refractivity contribution in [1.29, 1.82) is 0 Å². The highest BCUT2D eigenvalue weighted by molar-refractivity contribution is 7.89. The monoisotopic (exact) mass is 377 g/mol. The Morgan fingerprint density at radius 3 is 2.38 bits per heavy atom. The topological polar surface area (TPSA) is 115 Å². The molecule has 0 radical (unpaired) electrons. The van der Waals surface area contributed by atoms with Crippen LogP contribution in [0.3, 0.4) is 0 Å². The molecule has 1 aromatic rings. The summed E-state index contributed by atoms with van der Waals surface area (Å²) >= 11 is 0. The number of nitrogens with one attached hydrogen (secondary N) is 1. The summed E-state index contributed by atoms with van der Waals surface area (Å²) in [6, 6.07) is 2.33. The fraction of sp³-hybridized carbons (Fsp3) is 0.600. The number of aryl methyl sites for hydroxylation is 2. The first kappa shape index (κ1) is 20.8. The molecule has 9 heteroatoms. The van der Waals surface area contributed by atoms with Crippen LogP contribution in [0.4, 0.5) is 5.69 Å². The Labute approximate surface area is 148 Å². The molecule has 0 heterocycles. The Morgan fingerprint density at radius 2 is 1.88 bits per heavy atom. The summed E-state index contributed by atoms with van der Waals surface area (Å²) in [6.07, 6.45) is 4.07. The summed E-state index contributed by atoms with van der Waals surface area (Å²) in [7, 11) is -3.85. The van der Waals surface area contributed by atoms with Gasteiger partial charge in [0.25, 0.3) is 5.69 Å². The van der Waals surface area contributed by atoms with Crippen LogP contribution in [0.15, 0.2) is 17.0 Å². The third-order valence-electron chi connectivity index (χ3n) is 4.51. The van der Waals surface area contributed by atoms with Crippen molar-refractivity contribution in [1.82, 2.24) is 4.72 Å². The van der Waals surface area contributed by atoms with Crippen molar-refractivity contribution in [2.45, 2.75) is 50.5 Å². The predicted molar refractivity (Wildman–Crippen MR) is 94.9 cm³/mol. The van der Waals surface area contributed by atoms with E-state index in [2.05, 4.69) is 4.72 Å². The number of benzene rings is 1. The van der Waals surface area contributed by atoms with Gasteiger partial charge < -0.3 is 5.73 Å². The van der Waals surface area contributed by atoms with Crippen molar-refractivity contribution in [3.8, 4) is 0 Å². The van der Waals surface area contributed by atoms with Crippen LogP contribution in [0, 0.1) is 29.9 Å². The Bertz CT molecular complexity index is 703. The Kier molecular flexibility index (Phi) is 7.15. The number of nitro benzene ring substituents is 1. The predicted octanol–water partition coefficient (Wildman–Crippen LogP) is 2.43. The van der Waals surface area contributed by atoms with Gasteiger partial charge in [0.2, 0.25) is 10.0 Å². The molecule has 0 spiro atoms. The van der Waals surface area contributed by atoms with Crippen LogP contribution < -0.4 is 10.5 Å². The minimum Gasteiger partial charge on any atom is -0.329 e. The lowest BCUT2D eigenvalue weighted by Gasteiger charge is -2.23. The van der Waals surface area contributed by atoms with Crippen molar-refractivity contribution in [3.63, 3.8) is 0 Å². The maximum absolute atomic E-state index is 12.7. The molecule has 2 rings (SSSR count). The van der Waals surface area contributed by atoms with E-state index in [0.717, 1.165) is 31.7 Å². The number of halogens is 1. The van der Waals surface area contributed by atoms with Crippen molar-refractivity contribution in [2.75, 3.05) is 6.54 Å². The summed E-state index contributed by atoms with van der Waals surface area (Å²) in [5.41, 5.74) is 6.48. The molecule has 0 amide bonds. The number of hydrogen-bond donors (Lipinski definition) is 2. The van der Waals surface area contributed by atoms with E-state index in [-0.39, 0.29) is 41.5 Å². The van der Waals surface area contributed by atoms with Crippen LogP contribution in [0.5, 0.6) is 0 Å². The van der Waals surface area contributed by atoms with E-state index in [4.69, 9.17) is 5.73 Å². The van der Waals surface area contributed by atoms with Gasteiger partial charge in [-0.3, -0.25) is 10.1 Å². The van der Waals surface area contributed by atoms with Crippen LogP contribution in [0.1, 0.15) is 36.8 Å². The molecule has 136 valence electrons. The van der Waals surface area contributed by atoms with Gasteiger partial charge in [0.15, 0.2) is 0 Å². The zero-order valence-electron chi connectivity index (χ0n) is 13.8. The molecule has 24 heavy (non-hydrogen) atoms. The average Bonchev–Trinajstić information content (AvgIpc) is 2.98. The Hall–Kier alpha value is -1.22. The molecule has 1 saturated carbocycles. The number of sulfonamides is 1. The second kappa shape index (κ2) is 8.24. The molecule has 1 fully saturated rings. The van der Waals surface area contributed by atoms with Crippen LogP contribution in [0.2, 0.25) is 0 Å². The molecule has 0 bridgehead atoms. The summed E-state index contributed by atoms with van der Waals surface area (Å²) in [5.74, 6) is 0.232. The molecule has 1 aliphatic rings. The summed E-state index contributed by atoms with van der Waals surface area (Å²) in [5, 5.41) is 11.1. The second-order valence-corrected chi connectivity index (χ2v) is 7.85. The highest BCUT2D eigenvalue weighted by Crippen LogP contribution is 2.30. The van der Waals surface area contributed by atoms with Crippen LogP contribution in [-0.4, -0.2) is 25.9 Å². The van der Waals surface area contributed by atoms with Crippen LogP contribution in [0.25, 0.3) is 0 Å². The lowest BCUT2D eigenvalue weighted by Crippen LogP contribution is -2.44. The third kappa shape index (κ3) is 4.44. The van der Waals surface area contributed by atoms with Gasteiger partial charge in [-0.2, -0.15) is 0 Å². The van der Waals surface area contributed by atoms with E-state index >= 15 is 0 Å². The SMILES string of the molecule is Cc1cc(C)c(S(=O)(=O)NC(CN)C2CCCC2)cc1[N+](=O)[O-].Cl. The van der Waals surface area contributed by atoms with Crippen molar-refractivity contribution in [3.05, 3.63) is 33.4 Å². The van der Waals surface area contributed by atoms with Crippen molar-refractivity contribution >= 4 is 28.1 Å². The molecule has 7 nitrogen and oxygen atoms in total. The second-order valence-electron chi connectivity index (χ2n) is 6.17. The molecule has 1 atom stereocenters. The molecule has 1 aliphatic carbocycles. The van der Waals surface area contributed by atoms with Gasteiger partial charge in [-0.15, -0.1) is 12.4 Å². The van der Waals surface area contributed by atoms with Gasteiger partial charge in [0.1, 0.15) is 0 Å². The number of nitrogens with two attached hydrogens (primary N) is 1. The van der Waals surface area contributed by atoms with Gasteiger partial charge >= 0.3 is 0 Å². The summed E-state index contributed by atoms with van der Waals surface area (Å²) in [4.78, 5) is 10.5. The molecular weight excluding hydrogens is 354 g/mol. The number of hydrogen-bond acceptors (Lipinski definition) is 5. The molecule has 3 N–H and O–H groups in total. The van der Waals surface area contributed by atoms with E-state index in [9.17, 15) is 18.5 Å². The highest BCUT2D eigenvalue weighted by atomic mass is 35.5. The van der Waals surface area contributed by atoms with Crippen LogP contribution >= 0.6 is 12.4 Å². The number of rotatable bonds is 6. The Morgan fingerprint density at radius 1 is 1.29 bits per heavy atom.